The smallest absolute Gasteiger partial charge is 0.269 e. The van der Waals surface area contributed by atoms with Crippen LogP contribution in [0, 0.1) is 5.82 Å². The van der Waals surface area contributed by atoms with E-state index in [1.807, 2.05) is 42.5 Å². The second-order valence-corrected chi connectivity index (χ2v) is 5.97. The number of amides is 1. The van der Waals surface area contributed by atoms with Crippen molar-refractivity contribution in [3.05, 3.63) is 89.9 Å². The molecule has 0 radical (unpaired) electrons. The van der Waals surface area contributed by atoms with E-state index in [0.717, 1.165) is 16.3 Å². The lowest BCUT2D eigenvalue weighted by molar-refractivity contribution is 0.0945. The fraction of sp³-hybridized carbons (Fsp3) is 0.0476. The van der Waals surface area contributed by atoms with Gasteiger partial charge in [0.2, 0.25) is 0 Å². The number of halogens is 1. The van der Waals surface area contributed by atoms with Gasteiger partial charge in [-0.05, 0) is 22.9 Å². The van der Waals surface area contributed by atoms with E-state index in [1.54, 1.807) is 24.3 Å². The fourth-order valence-corrected chi connectivity index (χ4v) is 2.94. The predicted octanol–water partition coefficient (Wildman–Crippen LogP) is 4.30. The van der Waals surface area contributed by atoms with E-state index in [1.165, 1.54) is 6.07 Å². The lowest BCUT2D eigenvalue weighted by atomic mass is 10.0. The second kappa shape index (κ2) is 6.80. The van der Waals surface area contributed by atoms with Crippen molar-refractivity contribution in [3.63, 3.8) is 0 Å². The summed E-state index contributed by atoms with van der Waals surface area (Å²) in [7, 11) is 0. The molecular weight excluding hydrogens is 329 g/mol. The number of nitrogens with one attached hydrogen (secondary N) is 2. The number of fused-ring (bicyclic) bond motifs is 1. The molecule has 128 valence electrons. The van der Waals surface area contributed by atoms with E-state index >= 15 is 0 Å². The van der Waals surface area contributed by atoms with Crippen LogP contribution in [0.15, 0.2) is 72.8 Å². The first-order chi connectivity index (χ1) is 12.7. The Balaban J connectivity index is 1.56. The molecule has 0 unspecified atom stereocenters. The molecular formula is C21H16FN3O. The number of H-pyrrole nitrogens is 1. The molecule has 2 N–H and O–H groups in total. The Kier molecular flexibility index (Phi) is 4.19. The van der Waals surface area contributed by atoms with Crippen LogP contribution in [-0.4, -0.2) is 16.1 Å². The van der Waals surface area contributed by atoms with Gasteiger partial charge in [-0.3, -0.25) is 9.89 Å². The van der Waals surface area contributed by atoms with Crippen LogP contribution in [0.25, 0.3) is 22.0 Å². The largest absolute Gasteiger partial charge is 0.347 e. The summed E-state index contributed by atoms with van der Waals surface area (Å²) in [6, 6.07) is 22.1. The van der Waals surface area contributed by atoms with E-state index in [9.17, 15) is 9.18 Å². The minimum Gasteiger partial charge on any atom is -0.347 e. The average molecular weight is 345 g/mol. The van der Waals surface area contributed by atoms with Gasteiger partial charge in [0.15, 0.2) is 0 Å². The topological polar surface area (TPSA) is 57.8 Å². The van der Waals surface area contributed by atoms with Crippen LogP contribution in [0.2, 0.25) is 0 Å². The Bertz CT molecular complexity index is 1080. The third-order valence-corrected chi connectivity index (χ3v) is 4.29. The van der Waals surface area contributed by atoms with E-state index in [0.29, 0.717) is 17.0 Å². The quantitative estimate of drug-likeness (QED) is 0.579. The summed E-state index contributed by atoms with van der Waals surface area (Å²) in [5.74, 6) is -0.666. The van der Waals surface area contributed by atoms with E-state index in [-0.39, 0.29) is 18.3 Å². The molecule has 3 aromatic carbocycles. The Morgan fingerprint density at radius 1 is 1.00 bits per heavy atom. The average Bonchev–Trinajstić information content (AvgIpc) is 3.17. The van der Waals surface area contributed by atoms with Gasteiger partial charge in [0.05, 0.1) is 5.69 Å². The number of carbonyl (C=O) groups is 1. The molecule has 5 heteroatoms. The SMILES string of the molecule is O=C(NCc1ccccc1F)c1cc(-c2cccc3ccccc23)n[nH]1. The molecule has 0 aliphatic carbocycles. The van der Waals surface area contributed by atoms with Crippen LogP contribution >= 0.6 is 0 Å². The minimum atomic E-state index is -0.339. The predicted molar refractivity (Wildman–Crippen MR) is 99.1 cm³/mol. The first-order valence-corrected chi connectivity index (χ1v) is 8.27. The molecule has 4 nitrogen and oxygen atoms in total. The first-order valence-electron chi connectivity index (χ1n) is 8.27. The molecule has 0 aliphatic rings. The molecule has 0 fully saturated rings. The Hall–Kier alpha value is -3.47. The van der Waals surface area contributed by atoms with Gasteiger partial charge in [0, 0.05) is 17.7 Å². The second-order valence-electron chi connectivity index (χ2n) is 5.97. The van der Waals surface area contributed by atoms with Gasteiger partial charge in [-0.15, -0.1) is 0 Å². The van der Waals surface area contributed by atoms with Gasteiger partial charge in [-0.1, -0.05) is 60.7 Å². The molecule has 26 heavy (non-hydrogen) atoms. The highest BCUT2D eigenvalue weighted by Crippen LogP contribution is 2.27. The van der Waals surface area contributed by atoms with E-state index in [4.69, 9.17) is 0 Å². The summed E-state index contributed by atoms with van der Waals surface area (Å²) < 4.78 is 13.6. The Morgan fingerprint density at radius 2 is 1.77 bits per heavy atom. The van der Waals surface area contributed by atoms with E-state index < -0.39 is 0 Å². The monoisotopic (exact) mass is 345 g/mol. The summed E-state index contributed by atoms with van der Waals surface area (Å²) in [4.78, 5) is 12.3. The number of rotatable bonds is 4. The van der Waals surface area contributed by atoms with Crippen molar-refractivity contribution in [2.45, 2.75) is 6.54 Å². The summed E-state index contributed by atoms with van der Waals surface area (Å²) in [5.41, 5.74) is 2.42. The van der Waals surface area contributed by atoms with Gasteiger partial charge in [0.1, 0.15) is 11.5 Å². The summed E-state index contributed by atoms with van der Waals surface area (Å²) in [6.07, 6.45) is 0. The summed E-state index contributed by atoms with van der Waals surface area (Å²) in [5, 5.41) is 11.9. The summed E-state index contributed by atoms with van der Waals surface area (Å²) >= 11 is 0. The van der Waals surface area contributed by atoms with Crippen LogP contribution in [0.3, 0.4) is 0 Å². The highest BCUT2D eigenvalue weighted by Gasteiger charge is 2.13. The molecule has 0 spiro atoms. The maximum Gasteiger partial charge on any atom is 0.269 e. The molecule has 0 aliphatic heterocycles. The summed E-state index contributed by atoms with van der Waals surface area (Å²) in [6.45, 7) is 0.119. The lowest BCUT2D eigenvalue weighted by Crippen LogP contribution is -2.23. The molecule has 1 amide bonds. The van der Waals surface area contributed by atoms with Gasteiger partial charge >= 0.3 is 0 Å². The van der Waals surface area contributed by atoms with Crippen molar-refractivity contribution in [1.82, 2.24) is 15.5 Å². The molecule has 0 bridgehead atoms. The zero-order valence-corrected chi connectivity index (χ0v) is 13.9. The zero-order valence-electron chi connectivity index (χ0n) is 13.9. The molecule has 4 aromatic rings. The van der Waals surface area contributed by atoms with Crippen LogP contribution in [0.1, 0.15) is 16.1 Å². The fourth-order valence-electron chi connectivity index (χ4n) is 2.94. The Morgan fingerprint density at radius 3 is 2.65 bits per heavy atom. The van der Waals surface area contributed by atoms with Crippen molar-refractivity contribution in [2.24, 2.45) is 0 Å². The third kappa shape index (κ3) is 3.07. The number of hydrogen-bond donors (Lipinski definition) is 2. The van der Waals surface area contributed by atoms with Crippen LogP contribution in [0.4, 0.5) is 4.39 Å². The Labute approximate surface area is 149 Å². The van der Waals surface area contributed by atoms with Gasteiger partial charge in [0.25, 0.3) is 5.91 Å². The third-order valence-electron chi connectivity index (χ3n) is 4.29. The van der Waals surface area contributed by atoms with E-state index in [2.05, 4.69) is 15.5 Å². The number of aromatic amines is 1. The van der Waals surface area contributed by atoms with Gasteiger partial charge < -0.3 is 5.32 Å². The van der Waals surface area contributed by atoms with Crippen molar-refractivity contribution in [3.8, 4) is 11.3 Å². The minimum absolute atomic E-state index is 0.119. The molecule has 0 saturated carbocycles. The molecule has 0 atom stereocenters. The lowest BCUT2D eigenvalue weighted by Gasteiger charge is -2.04. The maximum atomic E-state index is 13.6. The van der Waals surface area contributed by atoms with Crippen molar-refractivity contribution in [1.29, 1.82) is 0 Å². The first kappa shape index (κ1) is 16.0. The molecule has 0 saturated heterocycles. The molecule has 1 aromatic heterocycles. The molecule has 4 rings (SSSR count). The van der Waals surface area contributed by atoms with Crippen LogP contribution < -0.4 is 5.32 Å². The number of nitrogens with zero attached hydrogens (tertiary/aromatic N) is 1. The van der Waals surface area contributed by atoms with Crippen molar-refractivity contribution >= 4 is 16.7 Å². The van der Waals surface area contributed by atoms with Crippen molar-refractivity contribution in [2.75, 3.05) is 0 Å². The maximum absolute atomic E-state index is 13.6. The van der Waals surface area contributed by atoms with Gasteiger partial charge in [-0.25, -0.2) is 4.39 Å². The molecule has 1 heterocycles. The number of benzene rings is 3. The number of hydrogen-bond acceptors (Lipinski definition) is 2. The van der Waals surface area contributed by atoms with Crippen LogP contribution in [-0.2, 0) is 6.54 Å². The van der Waals surface area contributed by atoms with Crippen LogP contribution in [0.5, 0.6) is 0 Å². The normalized spacial score (nSPS) is 10.8. The highest BCUT2D eigenvalue weighted by molar-refractivity contribution is 5.98. The number of aromatic nitrogens is 2. The highest BCUT2D eigenvalue weighted by atomic mass is 19.1. The standard InChI is InChI=1S/C21H16FN3O/c22-18-11-4-2-7-15(18)13-23-21(26)20-12-19(24-25-20)17-10-5-8-14-6-1-3-9-16(14)17/h1-12H,13H2,(H,23,26)(H,24,25). The zero-order chi connectivity index (χ0) is 17.9. The number of carbonyl (C=O) groups excluding carboxylic acids is 1. The van der Waals surface area contributed by atoms with Gasteiger partial charge in [-0.2, -0.15) is 5.10 Å². The van der Waals surface area contributed by atoms with Crippen molar-refractivity contribution < 1.29 is 9.18 Å².